The van der Waals surface area contributed by atoms with Gasteiger partial charge in [0.1, 0.15) is 0 Å². The summed E-state index contributed by atoms with van der Waals surface area (Å²) in [7, 11) is 0. The minimum absolute atomic E-state index is 0.747. The number of nitrogens with one attached hydrogen (secondary N) is 6. The average molecular weight is 284 g/mol. The molecule has 20 heavy (non-hydrogen) atoms. The van der Waals surface area contributed by atoms with Crippen molar-refractivity contribution in [1.29, 1.82) is 0 Å². The Bertz CT molecular complexity index is 501. The number of rotatable bonds is 2. The Morgan fingerprint density at radius 1 is 0.850 bits per heavy atom. The molecule has 2 unspecified atom stereocenters. The van der Waals surface area contributed by atoms with E-state index in [1.54, 1.807) is 0 Å². The highest BCUT2D eigenvalue weighted by atomic mass is 16.2. The maximum atomic E-state index is 11.8. The van der Waals surface area contributed by atoms with Gasteiger partial charge in [0.2, 0.25) is 0 Å². The predicted molar refractivity (Wildman–Crippen MR) is 61.8 cm³/mol. The highest BCUT2D eigenvalue weighted by Gasteiger charge is 2.47. The van der Waals surface area contributed by atoms with Gasteiger partial charge < -0.3 is 21.3 Å². The first-order valence-electron chi connectivity index (χ1n) is 5.52. The van der Waals surface area contributed by atoms with Crippen molar-refractivity contribution in [3.63, 3.8) is 0 Å². The normalized spacial score (nSPS) is 32.1. The molecular weight excluding hydrogens is 272 g/mol. The number of imide groups is 2. The fraction of sp³-hybridized carbons (Fsp3) is 0.444. The molecule has 2 fully saturated rings. The molecule has 2 rings (SSSR count). The van der Waals surface area contributed by atoms with E-state index < -0.39 is 41.2 Å². The summed E-state index contributed by atoms with van der Waals surface area (Å²) >= 11 is 0. The van der Waals surface area contributed by atoms with Crippen molar-refractivity contribution < 1.29 is 24.0 Å². The molecule has 2 aliphatic rings. The standard InChI is InChI=1S/C9H12N6O5/c1-8(3(16)10-5(18)12-8)14-7(20)15-9(2)4(17)11-6(19)13-9/h1-2H3,(H2,14,15,20)(H2,10,12,16,18)(H2,11,13,17,19). The lowest BCUT2D eigenvalue weighted by molar-refractivity contribution is -0.124. The van der Waals surface area contributed by atoms with Gasteiger partial charge in [0.05, 0.1) is 0 Å². The quantitative estimate of drug-likeness (QED) is 0.306. The Labute approximate surface area is 112 Å². The molecule has 0 radical (unpaired) electrons. The van der Waals surface area contributed by atoms with E-state index in [9.17, 15) is 24.0 Å². The second-order valence-electron chi connectivity index (χ2n) is 4.65. The first kappa shape index (κ1) is 13.6. The third-order valence-electron chi connectivity index (χ3n) is 2.82. The van der Waals surface area contributed by atoms with Gasteiger partial charge in [-0.3, -0.25) is 20.2 Å². The zero-order valence-corrected chi connectivity index (χ0v) is 10.5. The van der Waals surface area contributed by atoms with Gasteiger partial charge in [-0.2, -0.15) is 0 Å². The molecule has 0 aromatic carbocycles. The third-order valence-corrected chi connectivity index (χ3v) is 2.82. The number of hydrogen-bond acceptors (Lipinski definition) is 5. The highest BCUT2D eigenvalue weighted by Crippen LogP contribution is 2.08. The van der Waals surface area contributed by atoms with Gasteiger partial charge in [0.25, 0.3) is 11.8 Å². The van der Waals surface area contributed by atoms with Crippen LogP contribution in [0.15, 0.2) is 0 Å². The van der Waals surface area contributed by atoms with Crippen LogP contribution in [0.3, 0.4) is 0 Å². The third kappa shape index (κ3) is 2.20. The fourth-order valence-electron chi connectivity index (χ4n) is 1.75. The molecule has 0 aromatic heterocycles. The Hall–Kier alpha value is -2.85. The van der Waals surface area contributed by atoms with E-state index in [0.717, 1.165) is 0 Å². The van der Waals surface area contributed by atoms with E-state index in [1.165, 1.54) is 13.8 Å². The van der Waals surface area contributed by atoms with Crippen molar-refractivity contribution in [2.75, 3.05) is 0 Å². The van der Waals surface area contributed by atoms with Crippen LogP contribution in [-0.4, -0.2) is 41.2 Å². The molecular formula is C9H12N6O5. The molecule has 0 spiro atoms. The number of hydrogen-bond donors (Lipinski definition) is 6. The maximum absolute atomic E-state index is 11.8. The molecule has 0 saturated carbocycles. The van der Waals surface area contributed by atoms with E-state index in [-0.39, 0.29) is 0 Å². The fourth-order valence-corrected chi connectivity index (χ4v) is 1.75. The van der Waals surface area contributed by atoms with Gasteiger partial charge in [0, 0.05) is 0 Å². The van der Waals surface area contributed by atoms with Crippen LogP contribution >= 0.6 is 0 Å². The number of carbonyl (C=O) groups excluding carboxylic acids is 5. The summed E-state index contributed by atoms with van der Waals surface area (Å²) in [6, 6.07) is -2.43. The SMILES string of the molecule is CC1(NC(=O)NC2(C)NC(=O)NC2=O)NC(=O)NC1=O. The summed E-state index contributed by atoms with van der Waals surface area (Å²) < 4.78 is 0. The summed E-state index contributed by atoms with van der Waals surface area (Å²) in [6.45, 7) is 2.53. The van der Waals surface area contributed by atoms with Gasteiger partial charge in [-0.25, -0.2) is 14.4 Å². The topological polar surface area (TPSA) is 158 Å². The van der Waals surface area contributed by atoms with Crippen LogP contribution < -0.4 is 31.9 Å². The summed E-state index contributed by atoms with van der Waals surface area (Å²) in [4.78, 5) is 56.8. The van der Waals surface area contributed by atoms with Gasteiger partial charge >= 0.3 is 18.1 Å². The minimum atomic E-state index is -1.64. The Morgan fingerprint density at radius 2 is 1.20 bits per heavy atom. The van der Waals surface area contributed by atoms with Crippen molar-refractivity contribution in [1.82, 2.24) is 31.9 Å². The minimum Gasteiger partial charge on any atom is -0.307 e. The molecule has 8 amide bonds. The van der Waals surface area contributed by atoms with Crippen LogP contribution in [-0.2, 0) is 9.59 Å². The highest BCUT2D eigenvalue weighted by molar-refractivity contribution is 6.09. The van der Waals surface area contributed by atoms with Gasteiger partial charge in [-0.1, -0.05) is 0 Å². The zero-order chi connectivity index (χ0) is 15.1. The smallest absolute Gasteiger partial charge is 0.307 e. The van der Waals surface area contributed by atoms with Crippen LogP contribution in [0.1, 0.15) is 13.8 Å². The molecule has 6 N–H and O–H groups in total. The summed E-state index contributed by atoms with van der Waals surface area (Å²) in [6.07, 6.45) is 0. The van der Waals surface area contributed by atoms with E-state index in [2.05, 4.69) is 21.3 Å². The average Bonchev–Trinajstić information content (AvgIpc) is 2.63. The summed E-state index contributed by atoms with van der Waals surface area (Å²) in [5.74, 6) is -1.49. The molecule has 2 heterocycles. The number of urea groups is 3. The van der Waals surface area contributed by atoms with Gasteiger partial charge in [-0.15, -0.1) is 0 Å². The second kappa shape index (κ2) is 4.08. The molecule has 2 atom stereocenters. The van der Waals surface area contributed by atoms with Crippen molar-refractivity contribution in [2.24, 2.45) is 0 Å². The summed E-state index contributed by atoms with van der Waals surface area (Å²) in [5.41, 5.74) is -3.28. The molecule has 2 saturated heterocycles. The Kier molecular flexibility index (Phi) is 2.77. The maximum Gasteiger partial charge on any atom is 0.323 e. The largest absolute Gasteiger partial charge is 0.323 e. The van der Waals surface area contributed by atoms with E-state index in [0.29, 0.717) is 0 Å². The molecule has 0 aliphatic carbocycles. The molecule has 11 nitrogen and oxygen atoms in total. The molecule has 108 valence electrons. The second-order valence-corrected chi connectivity index (χ2v) is 4.65. The number of amides is 8. The Morgan fingerprint density at radius 3 is 1.45 bits per heavy atom. The van der Waals surface area contributed by atoms with Crippen LogP contribution in [0, 0.1) is 0 Å². The molecule has 0 aromatic rings. The van der Waals surface area contributed by atoms with Gasteiger partial charge in [0.15, 0.2) is 11.3 Å². The predicted octanol–water partition coefficient (Wildman–Crippen LogP) is -2.60. The first-order chi connectivity index (χ1) is 9.14. The van der Waals surface area contributed by atoms with Crippen LogP contribution in [0.5, 0.6) is 0 Å². The zero-order valence-electron chi connectivity index (χ0n) is 10.5. The van der Waals surface area contributed by atoms with E-state index >= 15 is 0 Å². The lowest BCUT2D eigenvalue weighted by Crippen LogP contribution is -2.66. The molecule has 2 aliphatic heterocycles. The lowest BCUT2D eigenvalue weighted by Gasteiger charge is -2.27. The molecule has 0 bridgehead atoms. The molecule has 11 heteroatoms. The van der Waals surface area contributed by atoms with Crippen molar-refractivity contribution in [2.45, 2.75) is 25.2 Å². The van der Waals surface area contributed by atoms with Crippen LogP contribution in [0.25, 0.3) is 0 Å². The van der Waals surface area contributed by atoms with Crippen molar-refractivity contribution in [3.8, 4) is 0 Å². The van der Waals surface area contributed by atoms with Crippen LogP contribution in [0.4, 0.5) is 14.4 Å². The van der Waals surface area contributed by atoms with Crippen molar-refractivity contribution >= 4 is 29.9 Å². The first-order valence-corrected chi connectivity index (χ1v) is 5.52. The van der Waals surface area contributed by atoms with Gasteiger partial charge in [-0.05, 0) is 13.8 Å². The van der Waals surface area contributed by atoms with Crippen molar-refractivity contribution in [3.05, 3.63) is 0 Å². The van der Waals surface area contributed by atoms with E-state index in [1.807, 2.05) is 10.6 Å². The lowest BCUT2D eigenvalue weighted by atomic mass is 10.2. The van der Waals surface area contributed by atoms with E-state index in [4.69, 9.17) is 0 Å². The number of carbonyl (C=O) groups is 5. The van der Waals surface area contributed by atoms with Crippen LogP contribution in [0.2, 0.25) is 0 Å². The summed E-state index contributed by atoms with van der Waals surface area (Å²) in [5, 5.41) is 12.7. The Balaban J connectivity index is 2.03. The monoisotopic (exact) mass is 284 g/mol.